The van der Waals surface area contributed by atoms with Crippen molar-refractivity contribution in [2.45, 2.75) is 20.5 Å². The van der Waals surface area contributed by atoms with Gasteiger partial charge in [0.05, 0.1) is 6.61 Å². The van der Waals surface area contributed by atoms with Gasteiger partial charge in [-0.3, -0.25) is 0 Å². The molecule has 0 heterocycles. The zero-order chi connectivity index (χ0) is 11.5. The Balaban J connectivity index is 2.54. The van der Waals surface area contributed by atoms with Crippen LogP contribution in [-0.4, -0.2) is 5.11 Å². The Hall–Kier alpha value is -1.60. The molecule has 0 unspecified atom stereocenters. The maximum absolute atomic E-state index is 9.15. The molecular weight excluding hydrogens is 196 g/mol. The summed E-state index contributed by atoms with van der Waals surface area (Å²) < 4.78 is 0. The molecule has 2 rings (SSSR count). The molecule has 82 valence electrons. The highest BCUT2D eigenvalue weighted by Gasteiger charge is 2.03. The Kier molecular flexibility index (Phi) is 3.07. The van der Waals surface area contributed by atoms with Gasteiger partial charge >= 0.3 is 0 Å². The molecule has 0 bridgehead atoms. The van der Waals surface area contributed by atoms with Gasteiger partial charge in [-0.15, -0.1) is 0 Å². The third kappa shape index (κ3) is 2.15. The Labute approximate surface area is 96.4 Å². The van der Waals surface area contributed by atoms with Gasteiger partial charge in [0.2, 0.25) is 0 Å². The van der Waals surface area contributed by atoms with Crippen molar-refractivity contribution in [3.63, 3.8) is 0 Å². The summed E-state index contributed by atoms with van der Waals surface area (Å²) in [6.45, 7) is 4.28. The van der Waals surface area contributed by atoms with Gasteiger partial charge in [0.25, 0.3) is 0 Å². The van der Waals surface area contributed by atoms with Crippen molar-refractivity contribution in [3.8, 4) is 11.1 Å². The Morgan fingerprint density at radius 2 is 1.81 bits per heavy atom. The second kappa shape index (κ2) is 4.50. The van der Waals surface area contributed by atoms with Crippen molar-refractivity contribution in [2.24, 2.45) is 0 Å². The van der Waals surface area contributed by atoms with Gasteiger partial charge in [0.15, 0.2) is 0 Å². The number of benzene rings is 2. The van der Waals surface area contributed by atoms with E-state index in [4.69, 9.17) is 5.11 Å². The van der Waals surface area contributed by atoms with E-state index in [0.29, 0.717) is 0 Å². The van der Waals surface area contributed by atoms with Gasteiger partial charge in [0.1, 0.15) is 0 Å². The lowest BCUT2D eigenvalue weighted by Gasteiger charge is -2.08. The molecule has 1 N–H and O–H groups in total. The van der Waals surface area contributed by atoms with Gasteiger partial charge in [-0.2, -0.15) is 0 Å². The highest BCUT2D eigenvalue weighted by Crippen LogP contribution is 2.25. The molecule has 0 aromatic heterocycles. The van der Waals surface area contributed by atoms with E-state index in [0.717, 1.165) is 5.56 Å². The lowest BCUT2D eigenvalue weighted by molar-refractivity contribution is 0.282. The number of hydrogen-bond acceptors (Lipinski definition) is 1. The Morgan fingerprint density at radius 1 is 1.00 bits per heavy atom. The van der Waals surface area contributed by atoms with Gasteiger partial charge in [-0.1, -0.05) is 42.0 Å². The van der Waals surface area contributed by atoms with Crippen LogP contribution >= 0.6 is 0 Å². The van der Waals surface area contributed by atoms with Crippen LogP contribution in [0.3, 0.4) is 0 Å². The fourth-order valence-electron chi connectivity index (χ4n) is 1.89. The molecule has 1 nitrogen and oxygen atoms in total. The summed E-state index contributed by atoms with van der Waals surface area (Å²) in [6.07, 6.45) is 0. The zero-order valence-electron chi connectivity index (χ0n) is 9.70. The first-order valence-electron chi connectivity index (χ1n) is 5.48. The number of aliphatic hydroxyl groups excluding tert-OH is 1. The van der Waals surface area contributed by atoms with E-state index < -0.39 is 0 Å². The minimum atomic E-state index is 0.0963. The fourth-order valence-corrected chi connectivity index (χ4v) is 1.89. The highest BCUT2D eigenvalue weighted by atomic mass is 16.3. The number of aliphatic hydroxyl groups is 1. The molecule has 0 saturated carbocycles. The van der Waals surface area contributed by atoms with E-state index >= 15 is 0 Å². The zero-order valence-corrected chi connectivity index (χ0v) is 9.70. The van der Waals surface area contributed by atoms with E-state index in [1.807, 2.05) is 6.07 Å². The summed E-state index contributed by atoms with van der Waals surface area (Å²) in [6, 6.07) is 14.5. The first-order valence-corrected chi connectivity index (χ1v) is 5.48. The third-order valence-electron chi connectivity index (χ3n) is 2.81. The van der Waals surface area contributed by atoms with Crippen molar-refractivity contribution < 1.29 is 5.11 Å². The van der Waals surface area contributed by atoms with Gasteiger partial charge in [-0.25, -0.2) is 0 Å². The lowest BCUT2D eigenvalue weighted by Crippen LogP contribution is -1.88. The summed E-state index contributed by atoms with van der Waals surface area (Å²) in [5.41, 5.74) is 5.87. The SMILES string of the molecule is Cc1cccc(-c2cc(CO)ccc2C)c1. The minimum Gasteiger partial charge on any atom is -0.392 e. The molecule has 2 aromatic carbocycles. The summed E-state index contributed by atoms with van der Waals surface area (Å²) in [7, 11) is 0. The molecule has 0 aliphatic rings. The van der Waals surface area contributed by atoms with Gasteiger partial charge in [0, 0.05) is 0 Å². The minimum absolute atomic E-state index is 0.0963. The molecule has 2 aromatic rings. The Morgan fingerprint density at radius 3 is 2.50 bits per heavy atom. The first-order chi connectivity index (χ1) is 7.70. The summed E-state index contributed by atoms with van der Waals surface area (Å²) in [4.78, 5) is 0. The van der Waals surface area contributed by atoms with E-state index in [-0.39, 0.29) is 6.61 Å². The summed E-state index contributed by atoms with van der Waals surface area (Å²) in [5.74, 6) is 0. The normalized spacial score (nSPS) is 10.4. The van der Waals surface area contributed by atoms with Crippen LogP contribution in [0, 0.1) is 13.8 Å². The van der Waals surface area contributed by atoms with E-state index in [2.05, 4.69) is 50.2 Å². The van der Waals surface area contributed by atoms with Crippen LogP contribution in [0.15, 0.2) is 42.5 Å². The average molecular weight is 212 g/mol. The first kappa shape index (κ1) is 10.9. The smallest absolute Gasteiger partial charge is 0.0682 e. The molecule has 0 aliphatic carbocycles. The second-order valence-electron chi connectivity index (χ2n) is 4.18. The van der Waals surface area contributed by atoms with E-state index in [9.17, 15) is 0 Å². The second-order valence-corrected chi connectivity index (χ2v) is 4.18. The molecule has 0 spiro atoms. The van der Waals surface area contributed by atoms with Gasteiger partial charge < -0.3 is 5.11 Å². The molecule has 16 heavy (non-hydrogen) atoms. The molecule has 0 fully saturated rings. The summed E-state index contributed by atoms with van der Waals surface area (Å²) in [5, 5.41) is 9.15. The van der Waals surface area contributed by atoms with Gasteiger partial charge in [-0.05, 0) is 42.2 Å². The van der Waals surface area contributed by atoms with Crippen molar-refractivity contribution in [2.75, 3.05) is 0 Å². The van der Waals surface area contributed by atoms with Crippen LogP contribution in [-0.2, 0) is 6.61 Å². The van der Waals surface area contributed by atoms with Crippen molar-refractivity contribution in [3.05, 3.63) is 59.2 Å². The molecule has 0 amide bonds. The van der Waals surface area contributed by atoms with Crippen molar-refractivity contribution >= 4 is 0 Å². The monoisotopic (exact) mass is 212 g/mol. The molecule has 0 atom stereocenters. The third-order valence-corrected chi connectivity index (χ3v) is 2.81. The van der Waals surface area contributed by atoms with Crippen LogP contribution < -0.4 is 0 Å². The summed E-state index contributed by atoms with van der Waals surface area (Å²) >= 11 is 0. The molecule has 0 saturated heterocycles. The largest absolute Gasteiger partial charge is 0.392 e. The maximum atomic E-state index is 9.15. The number of aryl methyl sites for hydroxylation is 2. The topological polar surface area (TPSA) is 20.2 Å². The standard InChI is InChI=1S/C15H16O/c1-11-4-3-5-14(8-11)15-9-13(10-16)7-6-12(15)2/h3-9,16H,10H2,1-2H3. The highest BCUT2D eigenvalue weighted by molar-refractivity contribution is 5.68. The van der Waals surface area contributed by atoms with Crippen molar-refractivity contribution in [1.29, 1.82) is 0 Å². The Bertz CT molecular complexity index is 501. The van der Waals surface area contributed by atoms with Crippen molar-refractivity contribution in [1.82, 2.24) is 0 Å². The quantitative estimate of drug-likeness (QED) is 0.808. The number of hydrogen-bond donors (Lipinski definition) is 1. The number of rotatable bonds is 2. The fraction of sp³-hybridized carbons (Fsp3) is 0.200. The predicted molar refractivity (Wildman–Crippen MR) is 67.3 cm³/mol. The average Bonchev–Trinajstić information content (AvgIpc) is 2.30. The van der Waals surface area contributed by atoms with Crippen LogP contribution in [0.2, 0.25) is 0 Å². The van der Waals surface area contributed by atoms with Crippen LogP contribution in [0.1, 0.15) is 16.7 Å². The van der Waals surface area contributed by atoms with Crippen LogP contribution in [0.25, 0.3) is 11.1 Å². The lowest BCUT2D eigenvalue weighted by atomic mass is 9.97. The van der Waals surface area contributed by atoms with Crippen LogP contribution in [0.5, 0.6) is 0 Å². The van der Waals surface area contributed by atoms with E-state index in [1.54, 1.807) is 0 Å². The van der Waals surface area contributed by atoms with E-state index in [1.165, 1.54) is 22.3 Å². The molecule has 0 radical (unpaired) electrons. The molecular formula is C15H16O. The molecule has 1 heteroatoms. The predicted octanol–water partition coefficient (Wildman–Crippen LogP) is 3.46. The molecule has 0 aliphatic heterocycles. The van der Waals surface area contributed by atoms with Crippen LogP contribution in [0.4, 0.5) is 0 Å². The maximum Gasteiger partial charge on any atom is 0.0682 e.